The quantitative estimate of drug-likeness (QED) is 0.757. The monoisotopic (exact) mass is 310 g/mol. The summed E-state index contributed by atoms with van der Waals surface area (Å²) in [6.07, 6.45) is 0. The van der Waals surface area contributed by atoms with E-state index in [1.165, 1.54) is 6.07 Å². The number of ketones is 1. The van der Waals surface area contributed by atoms with Crippen LogP contribution in [0.4, 0.5) is 8.78 Å². The predicted octanol–water partition coefficient (Wildman–Crippen LogP) is 4.27. The fraction of sp³-hybridized carbons (Fsp3) is 0.0714. The molecule has 0 aliphatic heterocycles. The van der Waals surface area contributed by atoms with Gasteiger partial charge < -0.3 is 0 Å². The molecule has 0 amide bonds. The molecule has 2 aromatic carbocycles. The topological polar surface area (TPSA) is 17.1 Å². The van der Waals surface area contributed by atoms with E-state index in [9.17, 15) is 13.6 Å². The highest BCUT2D eigenvalue weighted by molar-refractivity contribution is 9.10. The summed E-state index contributed by atoms with van der Waals surface area (Å²) in [5, 5.41) is 0. The zero-order chi connectivity index (χ0) is 13.3. The molecular formula is C14H9BrF2O. The van der Waals surface area contributed by atoms with E-state index in [0.717, 1.165) is 22.2 Å². The molecule has 0 unspecified atom stereocenters. The number of hydrogen-bond acceptors (Lipinski definition) is 1. The molecule has 0 radical (unpaired) electrons. The molecule has 0 aliphatic rings. The fourth-order valence-electron chi connectivity index (χ4n) is 1.59. The van der Waals surface area contributed by atoms with Gasteiger partial charge in [-0.3, -0.25) is 4.79 Å². The van der Waals surface area contributed by atoms with Crippen LogP contribution in [-0.2, 0) is 0 Å². The molecule has 0 saturated carbocycles. The van der Waals surface area contributed by atoms with Gasteiger partial charge in [0, 0.05) is 15.6 Å². The van der Waals surface area contributed by atoms with Crippen LogP contribution >= 0.6 is 15.9 Å². The van der Waals surface area contributed by atoms with Crippen molar-refractivity contribution >= 4 is 21.7 Å². The van der Waals surface area contributed by atoms with Crippen molar-refractivity contribution in [3.8, 4) is 0 Å². The van der Waals surface area contributed by atoms with Crippen LogP contribution in [0.3, 0.4) is 0 Å². The summed E-state index contributed by atoms with van der Waals surface area (Å²) in [4.78, 5) is 12.1. The Kier molecular flexibility index (Phi) is 3.57. The number of halogens is 3. The zero-order valence-electron chi connectivity index (χ0n) is 9.51. The van der Waals surface area contributed by atoms with E-state index < -0.39 is 11.6 Å². The van der Waals surface area contributed by atoms with Gasteiger partial charge in [-0.1, -0.05) is 15.9 Å². The third-order valence-corrected chi connectivity index (χ3v) is 3.49. The van der Waals surface area contributed by atoms with Crippen molar-refractivity contribution in [3.63, 3.8) is 0 Å². The Bertz CT molecular complexity index is 570. The Labute approximate surface area is 112 Å². The second-order valence-electron chi connectivity index (χ2n) is 3.92. The maximum Gasteiger partial charge on any atom is 0.193 e. The van der Waals surface area contributed by atoms with Crippen molar-refractivity contribution in [3.05, 3.63) is 69.2 Å². The minimum Gasteiger partial charge on any atom is -0.289 e. The number of aryl methyl sites for hydroxylation is 1. The van der Waals surface area contributed by atoms with Crippen molar-refractivity contribution in [2.45, 2.75) is 6.92 Å². The molecule has 0 bridgehead atoms. The molecule has 2 rings (SSSR count). The average Bonchev–Trinajstić information content (AvgIpc) is 2.35. The van der Waals surface area contributed by atoms with Gasteiger partial charge in [-0.05, 0) is 48.9 Å². The molecule has 1 nitrogen and oxygen atoms in total. The van der Waals surface area contributed by atoms with Crippen LogP contribution in [0.25, 0.3) is 0 Å². The molecular weight excluding hydrogens is 302 g/mol. The number of carbonyl (C=O) groups is 1. The lowest BCUT2D eigenvalue weighted by Crippen LogP contribution is -2.03. The predicted molar refractivity (Wildman–Crippen MR) is 68.7 cm³/mol. The van der Waals surface area contributed by atoms with Crippen molar-refractivity contribution in [1.82, 2.24) is 0 Å². The largest absolute Gasteiger partial charge is 0.289 e. The maximum absolute atomic E-state index is 13.1. The van der Waals surface area contributed by atoms with Crippen molar-refractivity contribution in [2.24, 2.45) is 0 Å². The first-order valence-corrected chi connectivity index (χ1v) is 6.04. The molecule has 0 atom stereocenters. The maximum atomic E-state index is 13.1. The summed E-state index contributed by atoms with van der Waals surface area (Å²) in [6.45, 7) is 1.85. The first-order valence-electron chi connectivity index (χ1n) is 5.25. The van der Waals surface area contributed by atoms with E-state index >= 15 is 0 Å². The summed E-state index contributed by atoms with van der Waals surface area (Å²) in [7, 11) is 0. The first-order chi connectivity index (χ1) is 8.49. The number of rotatable bonds is 2. The van der Waals surface area contributed by atoms with Gasteiger partial charge in [0.15, 0.2) is 17.4 Å². The lowest BCUT2D eigenvalue weighted by Gasteiger charge is -2.04. The van der Waals surface area contributed by atoms with Crippen LogP contribution in [0, 0.1) is 18.6 Å². The summed E-state index contributed by atoms with van der Waals surface area (Å²) in [6, 6.07) is 8.23. The van der Waals surface area contributed by atoms with Gasteiger partial charge in [-0.25, -0.2) is 8.78 Å². The Morgan fingerprint density at radius 1 is 1.00 bits per heavy atom. The lowest BCUT2D eigenvalue weighted by molar-refractivity contribution is 0.103. The van der Waals surface area contributed by atoms with Gasteiger partial charge in [0.05, 0.1) is 0 Å². The van der Waals surface area contributed by atoms with E-state index in [1.807, 2.05) is 6.92 Å². The molecule has 0 aliphatic carbocycles. The average molecular weight is 311 g/mol. The van der Waals surface area contributed by atoms with E-state index in [-0.39, 0.29) is 11.3 Å². The molecule has 0 spiro atoms. The van der Waals surface area contributed by atoms with Crippen molar-refractivity contribution in [2.75, 3.05) is 0 Å². The highest BCUT2D eigenvalue weighted by Crippen LogP contribution is 2.20. The standard InChI is InChI=1S/C14H9BrF2O/c1-8-6-9(2-4-11(8)15)14(18)10-3-5-12(16)13(17)7-10/h2-7H,1H3. The van der Waals surface area contributed by atoms with Gasteiger partial charge in [-0.2, -0.15) is 0 Å². The Balaban J connectivity index is 2.41. The highest BCUT2D eigenvalue weighted by Gasteiger charge is 2.12. The number of carbonyl (C=O) groups excluding carboxylic acids is 1. The Morgan fingerprint density at radius 3 is 2.22 bits per heavy atom. The molecule has 0 fully saturated rings. The second kappa shape index (κ2) is 4.98. The molecule has 18 heavy (non-hydrogen) atoms. The zero-order valence-corrected chi connectivity index (χ0v) is 11.1. The molecule has 0 N–H and O–H groups in total. The van der Waals surface area contributed by atoms with Crippen LogP contribution in [0.1, 0.15) is 21.5 Å². The Morgan fingerprint density at radius 2 is 1.61 bits per heavy atom. The third kappa shape index (κ3) is 2.48. The summed E-state index contributed by atoms with van der Waals surface area (Å²) in [5.74, 6) is -2.31. The molecule has 2 aromatic rings. The minimum absolute atomic E-state index is 0.135. The third-order valence-electron chi connectivity index (χ3n) is 2.60. The van der Waals surface area contributed by atoms with Crippen molar-refractivity contribution < 1.29 is 13.6 Å². The Hall–Kier alpha value is -1.55. The van der Waals surface area contributed by atoms with E-state index in [4.69, 9.17) is 0 Å². The molecule has 4 heteroatoms. The SMILES string of the molecule is Cc1cc(C(=O)c2ccc(F)c(F)c2)ccc1Br. The van der Waals surface area contributed by atoms with Crippen LogP contribution in [0.5, 0.6) is 0 Å². The smallest absolute Gasteiger partial charge is 0.193 e. The summed E-state index contributed by atoms with van der Waals surface area (Å²) in [5.41, 5.74) is 1.49. The van der Waals surface area contributed by atoms with Crippen LogP contribution in [0.15, 0.2) is 40.9 Å². The van der Waals surface area contributed by atoms with E-state index in [2.05, 4.69) is 15.9 Å². The second-order valence-corrected chi connectivity index (χ2v) is 4.78. The minimum atomic E-state index is -1.02. The number of hydrogen-bond donors (Lipinski definition) is 0. The van der Waals surface area contributed by atoms with Crippen LogP contribution < -0.4 is 0 Å². The summed E-state index contributed by atoms with van der Waals surface area (Å²) < 4.78 is 26.7. The molecule has 0 heterocycles. The van der Waals surface area contributed by atoms with Crippen LogP contribution in [0.2, 0.25) is 0 Å². The molecule has 92 valence electrons. The van der Waals surface area contributed by atoms with Gasteiger partial charge >= 0.3 is 0 Å². The number of benzene rings is 2. The van der Waals surface area contributed by atoms with Crippen molar-refractivity contribution in [1.29, 1.82) is 0 Å². The van der Waals surface area contributed by atoms with E-state index in [1.54, 1.807) is 18.2 Å². The molecule has 0 saturated heterocycles. The van der Waals surface area contributed by atoms with E-state index in [0.29, 0.717) is 5.56 Å². The van der Waals surface area contributed by atoms with Gasteiger partial charge in [0.1, 0.15) is 0 Å². The van der Waals surface area contributed by atoms with Gasteiger partial charge in [0.25, 0.3) is 0 Å². The first kappa shape index (κ1) is 12.9. The highest BCUT2D eigenvalue weighted by atomic mass is 79.9. The van der Waals surface area contributed by atoms with Gasteiger partial charge in [-0.15, -0.1) is 0 Å². The normalized spacial score (nSPS) is 10.4. The lowest BCUT2D eigenvalue weighted by atomic mass is 10.0. The summed E-state index contributed by atoms with van der Waals surface area (Å²) >= 11 is 3.33. The van der Waals surface area contributed by atoms with Gasteiger partial charge in [0.2, 0.25) is 0 Å². The molecule has 0 aromatic heterocycles. The fourth-order valence-corrected chi connectivity index (χ4v) is 1.84. The van der Waals surface area contributed by atoms with Crippen LogP contribution in [-0.4, -0.2) is 5.78 Å².